The molecule has 0 saturated heterocycles. The van der Waals surface area contributed by atoms with E-state index in [2.05, 4.69) is 71.5 Å². The molecule has 1 nitrogen and oxygen atoms in total. The van der Waals surface area contributed by atoms with Crippen molar-refractivity contribution in [2.75, 3.05) is 0 Å². The Morgan fingerprint density at radius 3 is 2.35 bits per heavy atom. The van der Waals surface area contributed by atoms with E-state index >= 15 is 0 Å². The molecule has 0 aliphatic heterocycles. The third-order valence-electron chi connectivity index (χ3n) is 3.44. The van der Waals surface area contributed by atoms with Crippen molar-refractivity contribution in [2.45, 2.75) is 58.4 Å². The third-order valence-corrected chi connectivity index (χ3v) is 4.82. The Bertz CT molecular complexity index is 287. The van der Waals surface area contributed by atoms with Gasteiger partial charge in [0.15, 0.2) is 8.32 Å². The Morgan fingerprint density at radius 1 is 1.35 bits per heavy atom. The van der Waals surface area contributed by atoms with Gasteiger partial charge in [-0.15, -0.1) is 0 Å². The zero-order valence-electron chi connectivity index (χ0n) is 11.5. The molecular formula is C14H25IOSi. The fourth-order valence-corrected chi connectivity index (χ4v) is 3.87. The van der Waals surface area contributed by atoms with Gasteiger partial charge in [-0.2, -0.15) is 0 Å². The van der Waals surface area contributed by atoms with Gasteiger partial charge in [0.05, 0.1) is 6.10 Å². The second-order valence-electron chi connectivity index (χ2n) is 5.96. The first-order valence-corrected chi connectivity index (χ1v) is 11.1. The number of hydrogen-bond acceptors (Lipinski definition) is 1. The topological polar surface area (TPSA) is 9.23 Å². The number of hydrogen-bond donors (Lipinski definition) is 0. The first kappa shape index (κ1) is 15.4. The minimum absolute atomic E-state index is 0.316. The zero-order valence-corrected chi connectivity index (χ0v) is 14.7. The molecule has 0 bridgehead atoms. The van der Waals surface area contributed by atoms with Crippen LogP contribution < -0.4 is 0 Å². The molecular weight excluding hydrogens is 339 g/mol. The molecule has 3 heteroatoms. The van der Waals surface area contributed by atoms with Crippen LogP contribution in [-0.4, -0.2) is 14.4 Å². The Kier molecular flexibility index (Phi) is 5.93. The van der Waals surface area contributed by atoms with Crippen molar-refractivity contribution >= 4 is 30.9 Å². The van der Waals surface area contributed by atoms with Gasteiger partial charge in [0.1, 0.15) is 0 Å². The summed E-state index contributed by atoms with van der Waals surface area (Å²) < 4.78 is 8.52. The lowest BCUT2D eigenvalue weighted by Gasteiger charge is -2.48. The van der Waals surface area contributed by atoms with Crippen LogP contribution in [-0.2, 0) is 4.43 Å². The van der Waals surface area contributed by atoms with Gasteiger partial charge in [0.25, 0.3) is 0 Å². The van der Waals surface area contributed by atoms with Crippen molar-refractivity contribution in [3.63, 3.8) is 0 Å². The highest BCUT2D eigenvalue weighted by atomic mass is 127. The molecule has 0 radical (unpaired) electrons. The lowest BCUT2D eigenvalue weighted by atomic mass is 9.63. The lowest BCUT2D eigenvalue weighted by molar-refractivity contribution is 0.00856. The molecule has 98 valence electrons. The van der Waals surface area contributed by atoms with Gasteiger partial charge in [0, 0.05) is 5.41 Å². The number of rotatable bonds is 6. The quantitative estimate of drug-likeness (QED) is 0.353. The van der Waals surface area contributed by atoms with E-state index in [9.17, 15) is 0 Å². The van der Waals surface area contributed by atoms with E-state index in [1.54, 1.807) is 0 Å². The predicted molar refractivity (Wildman–Crippen MR) is 87.1 cm³/mol. The van der Waals surface area contributed by atoms with Crippen molar-refractivity contribution in [2.24, 2.45) is 5.41 Å². The van der Waals surface area contributed by atoms with Crippen LogP contribution >= 0.6 is 22.6 Å². The van der Waals surface area contributed by atoms with Crippen molar-refractivity contribution in [3.05, 3.63) is 22.3 Å². The molecule has 1 rings (SSSR count). The smallest absolute Gasteiger partial charge is 0.184 e. The zero-order chi connectivity index (χ0) is 12.9. The highest BCUT2D eigenvalue weighted by molar-refractivity contribution is 14.1. The maximum atomic E-state index is 6.40. The fraction of sp³-hybridized carbons (Fsp3) is 0.714. The van der Waals surface area contributed by atoms with Crippen molar-refractivity contribution < 1.29 is 4.43 Å². The highest BCUT2D eigenvalue weighted by Crippen LogP contribution is 2.49. The SMILES string of the molecule is C/C=C\CC1(C(/C=C/I)O[Si](C)(C)C)CCC1. The van der Waals surface area contributed by atoms with E-state index in [1.807, 2.05) is 0 Å². The minimum atomic E-state index is -1.47. The lowest BCUT2D eigenvalue weighted by Crippen LogP contribution is -2.46. The van der Waals surface area contributed by atoms with Crippen LogP contribution in [0.15, 0.2) is 22.3 Å². The van der Waals surface area contributed by atoms with E-state index < -0.39 is 8.32 Å². The number of allylic oxidation sites excluding steroid dienone is 2. The minimum Gasteiger partial charge on any atom is -0.411 e. The molecule has 0 aromatic heterocycles. The first-order chi connectivity index (χ1) is 7.93. The summed E-state index contributed by atoms with van der Waals surface area (Å²) in [5.74, 6) is 0. The van der Waals surface area contributed by atoms with Gasteiger partial charge in [-0.05, 0) is 49.9 Å². The van der Waals surface area contributed by atoms with E-state index in [0.717, 1.165) is 0 Å². The molecule has 0 amide bonds. The molecule has 0 aromatic carbocycles. The van der Waals surface area contributed by atoms with Crippen molar-refractivity contribution in [3.8, 4) is 0 Å². The molecule has 1 atom stereocenters. The van der Waals surface area contributed by atoms with Crippen LogP contribution in [0.2, 0.25) is 19.6 Å². The molecule has 0 aromatic rings. The molecule has 0 heterocycles. The van der Waals surface area contributed by atoms with Gasteiger partial charge in [-0.3, -0.25) is 0 Å². The Morgan fingerprint density at radius 2 is 2.00 bits per heavy atom. The van der Waals surface area contributed by atoms with Crippen LogP contribution in [0.25, 0.3) is 0 Å². The Labute approximate surface area is 121 Å². The monoisotopic (exact) mass is 364 g/mol. The average molecular weight is 364 g/mol. The summed E-state index contributed by atoms with van der Waals surface area (Å²) in [7, 11) is -1.47. The first-order valence-electron chi connectivity index (χ1n) is 6.49. The molecule has 0 spiro atoms. The molecule has 1 aliphatic carbocycles. The third kappa shape index (κ3) is 4.52. The van der Waals surface area contributed by atoms with E-state index in [4.69, 9.17) is 4.43 Å². The van der Waals surface area contributed by atoms with E-state index in [0.29, 0.717) is 11.5 Å². The van der Waals surface area contributed by atoms with Crippen molar-refractivity contribution in [1.82, 2.24) is 0 Å². The van der Waals surface area contributed by atoms with Gasteiger partial charge in [0.2, 0.25) is 0 Å². The van der Waals surface area contributed by atoms with Crippen LogP contribution in [0.5, 0.6) is 0 Å². The summed E-state index contributed by atoms with van der Waals surface area (Å²) in [4.78, 5) is 0. The summed E-state index contributed by atoms with van der Waals surface area (Å²) >= 11 is 2.31. The maximum absolute atomic E-state index is 6.40. The predicted octanol–water partition coefficient (Wildman–Crippen LogP) is 5.29. The van der Waals surface area contributed by atoms with Gasteiger partial charge >= 0.3 is 0 Å². The largest absolute Gasteiger partial charge is 0.411 e. The summed E-state index contributed by atoms with van der Waals surface area (Å²) in [6.07, 6.45) is 12.2. The van der Waals surface area contributed by atoms with Crippen LogP contribution in [0.3, 0.4) is 0 Å². The molecule has 0 N–H and O–H groups in total. The summed E-state index contributed by atoms with van der Waals surface area (Å²) in [6, 6.07) is 0. The Hall–Kier alpha value is 0.387. The molecule has 1 fully saturated rings. The average Bonchev–Trinajstić information content (AvgIpc) is 2.14. The number of halogens is 1. The highest BCUT2D eigenvalue weighted by Gasteiger charge is 2.43. The van der Waals surface area contributed by atoms with Gasteiger partial charge in [-0.1, -0.05) is 47.2 Å². The van der Waals surface area contributed by atoms with Crippen LogP contribution in [0.1, 0.15) is 32.6 Å². The van der Waals surface area contributed by atoms with Crippen molar-refractivity contribution in [1.29, 1.82) is 0 Å². The van der Waals surface area contributed by atoms with E-state index in [1.165, 1.54) is 25.7 Å². The summed E-state index contributed by atoms with van der Waals surface area (Å²) in [5.41, 5.74) is 0.383. The maximum Gasteiger partial charge on any atom is 0.184 e. The van der Waals surface area contributed by atoms with Gasteiger partial charge < -0.3 is 4.43 Å². The normalized spacial score (nSPS) is 21.9. The molecule has 1 aliphatic rings. The van der Waals surface area contributed by atoms with Gasteiger partial charge in [-0.25, -0.2) is 0 Å². The van der Waals surface area contributed by atoms with E-state index in [-0.39, 0.29) is 0 Å². The Balaban J connectivity index is 2.79. The molecule has 17 heavy (non-hydrogen) atoms. The standard InChI is InChI=1S/C14H25IOSi/c1-5-6-9-14(10-7-11-14)13(8-12-15)16-17(2,3)4/h5-6,8,12-13H,7,9-11H2,1-4H3/b6-5-,12-8+. The summed E-state index contributed by atoms with van der Waals surface area (Å²) in [6.45, 7) is 8.95. The molecule has 1 saturated carbocycles. The summed E-state index contributed by atoms with van der Waals surface area (Å²) in [5, 5.41) is 0. The van der Waals surface area contributed by atoms with Crippen LogP contribution in [0, 0.1) is 5.41 Å². The van der Waals surface area contributed by atoms with Crippen LogP contribution in [0.4, 0.5) is 0 Å². The second-order valence-corrected chi connectivity index (χ2v) is 11.1. The fourth-order valence-electron chi connectivity index (χ4n) is 2.40. The second kappa shape index (κ2) is 6.52. The molecule has 1 unspecified atom stereocenters.